The van der Waals surface area contributed by atoms with Gasteiger partial charge in [0.2, 0.25) is 0 Å². The van der Waals surface area contributed by atoms with Crippen LogP contribution in [0.4, 0.5) is 5.82 Å². The molecule has 1 aromatic carbocycles. The van der Waals surface area contributed by atoms with E-state index < -0.39 is 0 Å². The standard InChI is InChI=1S/C21H19N7/c1-13(15-3-4-18-16(11-15)7-10-23-18)25-20-17-12-24-28(2)21(17)27-19(26-20)14-5-8-22-9-6-14/h3-13,23H,1-2H3,(H,25,26,27)/t13-/m0/s1. The molecule has 0 aliphatic rings. The van der Waals surface area contributed by atoms with E-state index in [0.29, 0.717) is 5.82 Å². The van der Waals surface area contributed by atoms with Gasteiger partial charge in [-0.25, -0.2) is 9.97 Å². The van der Waals surface area contributed by atoms with E-state index in [9.17, 15) is 0 Å². The van der Waals surface area contributed by atoms with Gasteiger partial charge in [-0.05, 0) is 48.2 Å². The summed E-state index contributed by atoms with van der Waals surface area (Å²) in [7, 11) is 1.89. The Kier molecular flexibility index (Phi) is 3.79. The van der Waals surface area contributed by atoms with Crippen LogP contribution in [0.1, 0.15) is 18.5 Å². The molecule has 0 aliphatic carbocycles. The minimum absolute atomic E-state index is 0.0721. The maximum absolute atomic E-state index is 4.79. The second kappa shape index (κ2) is 6.45. The van der Waals surface area contributed by atoms with Crippen LogP contribution in [-0.2, 0) is 7.05 Å². The molecule has 5 rings (SSSR count). The van der Waals surface area contributed by atoms with Gasteiger partial charge >= 0.3 is 0 Å². The summed E-state index contributed by atoms with van der Waals surface area (Å²) in [4.78, 5) is 16.8. The van der Waals surface area contributed by atoms with Crippen molar-refractivity contribution in [3.63, 3.8) is 0 Å². The van der Waals surface area contributed by atoms with Crippen molar-refractivity contribution in [1.29, 1.82) is 0 Å². The number of fused-ring (bicyclic) bond motifs is 2. The minimum Gasteiger partial charge on any atom is -0.363 e. The summed E-state index contributed by atoms with van der Waals surface area (Å²) in [5.74, 6) is 1.42. The van der Waals surface area contributed by atoms with Gasteiger partial charge < -0.3 is 10.3 Å². The SMILES string of the molecule is C[C@H](Nc1nc(-c2ccncc2)nc2c1cnn2C)c1ccc2[nH]ccc2c1. The predicted octanol–water partition coefficient (Wildman–Crippen LogP) is 4.08. The average Bonchev–Trinajstić information content (AvgIpc) is 3.35. The number of anilines is 1. The lowest BCUT2D eigenvalue weighted by molar-refractivity contribution is 0.785. The van der Waals surface area contributed by atoms with Gasteiger partial charge in [-0.15, -0.1) is 0 Å². The maximum atomic E-state index is 4.79. The molecule has 4 aromatic heterocycles. The summed E-state index contributed by atoms with van der Waals surface area (Å²) in [5, 5.41) is 10.0. The van der Waals surface area contributed by atoms with E-state index in [4.69, 9.17) is 9.97 Å². The molecule has 0 unspecified atom stereocenters. The molecule has 0 radical (unpaired) electrons. The highest BCUT2D eigenvalue weighted by atomic mass is 15.3. The van der Waals surface area contributed by atoms with E-state index in [2.05, 4.69) is 51.6 Å². The first-order valence-corrected chi connectivity index (χ1v) is 9.13. The zero-order chi connectivity index (χ0) is 19.1. The molecule has 0 spiro atoms. The first-order valence-electron chi connectivity index (χ1n) is 9.13. The Morgan fingerprint density at radius 1 is 1.07 bits per heavy atom. The van der Waals surface area contributed by atoms with Crippen LogP contribution in [-0.4, -0.2) is 29.7 Å². The van der Waals surface area contributed by atoms with E-state index >= 15 is 0 Å². The first-order chi connectivity index (χ1) is 13.7. The van der Waals surface area contributed by atoms with Crippen molar-refractivity contribution in [3.8, 4) is 11.4 Å². The van der Waals surface area contributed by atoms with Crippen LogP contribution < -0.4 is 5.32 Å². The number of hydrogen-bond acceptors (Lipinski definition) is 5. The summed E-state index contributed by atoms with van der Waals surface area (Å²) in [6.07, 6.45) is 7.25. The van der Waals surface area contributed by atoms with Crippen molar-refractivity contribution >= 4 is 27.8 Å². The van der Waals surface area contributed by atoms with Gasteiger partial charge in [-0.1, -0.05) is 6.07 Å². The molecule has 7 heteroatoms. The highest BCUT2D eigenvalue weighted by Gasteiger charge is 2.15. The Bertz CT molecular complexity index is 1270. The molecule has 0 bridgehead atoms. The van der Waals surface area contributed by atoms with Crippen LogP contribution in [0.5, 0.6) is 0 Å². The lowest BCUT2D eigenvalue weighted by atomic mass is 10.1. The van der Waals surface area contributed by atoms with Crippen molar-refractivity contribution in [1.82, 2.24) is 29.7 Å². The van der Waals surface area contributed by atoms with E-state index in [-0.39, 0.29) is 6.04 Å². The third-order valence-electron chi connectivity index (χ3n) is 4.96. The summed E-state index contributed by atoms with van der Waals surface area (Å²) in [6.45, 7) is 2.13. The molecule has 1 atom stereocenters. The van der Waals surface area contributed by atoms with E-state index in [0.717, 1.165) is 27.9 Å². The third kappa shape index (κ3) is 2.77. The molecule has 5 aromatic rings. The van der Waals surface area contributed by atoms with Crippen LogP contribution in [0, 0.1) is 0 Å². The number of benzene rings is 1. The number of nitrogens with zero attached hydrogens (tertiary/aromatic N) is 5. The monoisotopic (exact) mass is 369 g/mol. The van der Waals surface area contributed by atoms with Gasteiger partial charge in [0, 0.05) is 42.8 Å². The van der Waals surface area contributed by atoms with Crippen molar-refractivity contribution in [2.45, 2.75) is 13.0 Å². The molecule has 4 heterocycles. The summed E-state index contributed by atoms with van der Waals surface area (Å²) >= 11 is 0. The second-order valence-electron chi connectivity index (χ2n) is 6.83. The van der Waals surface area contributed by atoms with Crippen LogP contribution >= 0.6 is 0 Å². The molecule has 2 N–H and O–H groups in total. The summed E-state index contributed by atoms with van der Waals surface area (Å²) < 4.78 is 1.77. The number of nitrogens with one attached hydrogen (secondary N) is 2. The van der Waals surface area contributed by atoms with Gasteiger partial charge in [-0.3, -0.25) is 9.67 Å². The number of aryl methyl sites for hydroxylation is 1. The Hall–Kier alpha value is -3.74. The maximum Gasteiger partial charge on any atom is 0.164 e. The van der Waals surface area contributed by atoms with Crippen LogP contribution in [0.3, 0.4) is 0 Å². The van der Waals surface area contributed by atoms with Crippen molar-refractivity contribution in [2.75, 3.05) is 5.32 Å². The van der Waals surface area contributed by atoms with Crippen LogP contribution in [0.25, 0.3) is 33.3 Å². The Morgan fingerprint density at radius 2 is 1.93 bits per heavy atom. The quantitative estimate of drug-likeness (QED) is 0.499. The molecule has 7 nitrogen and oxygen atoms in total. The number of hydrogen-bond donors (Lipinski definition) is 2. The fraction of sp³-hybridized carbons (Fsp3) is 0.143. The fourth-order valence-electron chi connectivity index (χ4n) is 3.39. The number of rotatable bonds is 4. The Balaban J connectivity index is 1.57. The lowest BCUT2D eigenvalue weighted by Crippen LogP contribution is -2.09. The molecule has 138 valence electrons. The highest BCUT2D eigenvalue weighted by Crippen LogP contribution is 2.28. The molecule has 28 heavy (non-hydrogen) atoms. The number of pyridine rings is 1. The average molecular weight is 369 g/mol. The molecule has 0 amide bonds. The largest absolute Gasteiger partial charge is 0.363 e. The van der Waals surface area contributed by atoms with E-state index in [1.807, 2.05) is 25.4 Å². The van der Waals surface area contributed by atoms with Gasteiger partial charge in [0.15, 0.2) is 11.5 Å². The normalized spacial score (nSPS) is 12.5. The molecule has 0 saturated carbocycles. The van der Waals surface area contributed by atoms with E-state index in [1.165, 1.54) is 10.9 Å². The Morgan fingerprint density at radius 3 is 2.79 bits per heavy atom. The smallest absolute Gasteiger partial charge is 0.164 e. The van der Waals surface area contributed by atoms with Gasteiger partial charge in [-0.2, -0.15) is 5.10 Å². The molecule has 0 saturated heterocycles. The number of aromatic amines is 1. The van der Waals surface area contributed by atoms with Crippen LogP contribution in [0.2, 0.25) is 0 Å². The molecule has 0 aliphatic heterocycles. The summed E-state index contributed by atoms with van der Waals surface area (Å²) in [6, 6.07) is 12.4. The second-order valence-corrected chi connectivity index (χ2v) is 6.83. The topological polar surface area (TPSA) is 84.3 Å². The number of H-pyrrole nitrogens is 1. The van der Waals surface area contributed by atoms with Gasteiger partial charge in [0.25, 0.3) is 0 Å². The third-order valence-corrected chi connectivity index (χ3v) is 4.96. The zero-order valence-electron chi connectivity index (χ0n) is 15.6. The van der Waals surface area contributed by atoms with Crippen molar-refractivity contribution in [2.24, 2.45) is 7.05 Å². The van der Waals surface area contributed by atoms with E-state index in [1.54, 1.807) is 23.3 Å². The molecule has 0 fully saturated rings. The molecular weight excluding hydrogens is 350 g/mol. The zero-order valence-corrected chi connectivity index (χ0v) is 15.6. The minimum atomic E-state index is 0.0721. The van der Waals surface area contributed by atoms with Gasteiger partial charge in [0.05, 0.1) is 11.6 Å². The summed E-state index contributed by atoms with van der Waals surface area (Å²) in [5.41, 5.74) is 4.03. The predicted molar refractivity (Wildman–Crippen MR) is 110 cm³/mol. The molecular formula is C21H19N7. The number of aromatic nitrogens is 6. The highest BCUT2D eigenvalue weighted by molar-refractivity contribution is 5.88. The fourth-order valence-corrected chi connectivity index (χ4v) is 3.39. The Labute approximate surface area is 161 Å². The van der Waals surface area contributed by atoms with Gasteiger partial charge in [0.1, 0.15) is 5.82 Å². The van der Waals surface area contributed by atoms with Crippen molar-refractivity contribution < 1.29 is 0 Å². The van der Waals surface area contributed by atoms with Crippen LogP contribution in [0.15, 0.2) is 61.2 Å². The lowest BCUT2D eigenvalue weighted by Gasteiger charge is -2.16. The van der Waals surface area contributed by atoms with Crippen molar-refractivity contribution in [3.05, 3.63) is 66.7 Å². The first kappa shape index (κ1) is 16.4.